The Labute approximate surface area is 114 Å². The molecule has 0 bridgehead atoms. The summed E-state index contributed by atoms with van der Waals surface area (Å²) < 4.78 is 10.3. The van der Waals surface area contributed by atoms with Gasteiger partial charge in [-0.05, 0) is 30.3 Å². The topological polar surface area (TPSA) is 44.2 Å². The average Bonchev–Trinajstić information content (AvgIpc) is 2.38. The maximum atomic E-state index is 5.93. The zero-order chi connectivity index (χ0) is 13.0. The zero-order valence-electron chi connectivity index (χ0n) is 9.56. The summed E-state index contributed by atoms with van der Waals surface area (Å²) in [6.45, 7) is 0.133. The highest BCUT2D eigenvalue weighted by atomic mass is 35.5. The monoisotopic (exact) mass is 284 g/mol. The fraction of sp³-hybridized carbons (Fsp3) is 0.167. The Balaban J connectivity index is 2.39. The molecule has 0 unspecified atom stereocenters. The van der Waals surface area contributed by atoms with Crippen LogP contribution in [-0.2, 0) is 4.74 Å². The van der Waals surface area contributed by atoms with E-state index < -0.39 is 0 Å². The highest BCUT2D eigenvalue weighted by molar-refractivity contribution is 6.30. The molecular formula is C12H10Cl2N2O2. The van der Waals surface area contributed by atoms with Crippen LogP contribution in [0.4, 0.5) is 0 Å². The number of nitrogens with zero attached hydrogens (tertiary/aromatic N) is 2. The van der Waals surface area contributed by atoms with Gasteiger partial charge in [0.2, 0.25) is 0 Å². The fourth-order valence-corrected chi connectivity index (χ4v) is 1.67. The van der Waals surface area contributed by atoms with Gasteiger partial charge in [0.15, 0.2) is 11.9 Å². The first-order valence-corrected chi connectivity index (χ1v) is 5.87. The van der Waals surface area contributed by atoms with E-state index in [0.717, 1.165) is 5.56 Å². The number of halogens is 2. The second-order valence-corrected chi connectivity index (χ2v) is 4.26. The lowest BCUT2D eigenvalue weighted by atomic mass is 10.1. The van der Waals surface area contributed by atoms with Crippen molar-refractivity contribution in [2.75, 3.05) is 13.9 Å². The van der Waals surface area contributed by atoms with Crippen molar-refractivity contribution in [1.82, 2.24) is 10.2 Å². The van der Waals surface area contributed by atoms with E-state index in [4.69, 9.17) is 32.7 Å². The molecular weight excluding hydrogens is 275 g/mol. The summed E-state index contributed by atoms with van der Waals surface area (Å²) in [6, 6.07) is 8.70. The number of methoxy groups -OCH3 is 1. The molecule has 0 amide bonds. The van der Waals surface area contributed by atoms with E-state index in [1.165, 1.54) is 0 Å². The Kier molecular flexibility index (Phi) is 4.36. The van der Waals surface area contributed by atoms with Crippen molar-refractivity contribution in [2.24, 2.45) is 0 Å². The molecule has 18 heavy (non-hydrogen) atoms. The lowest BCUT2D eigenvalue weighted by molar-refractivity contribution is 0.0515. The molecule has 2 aromatic rings. The number of benzene rings is 1. The predicted molar refractivity (Wildman–Crippen MR) is 70.0 cm³/mol. The van der Waals surface area contributed by atoms with Gasteiger partial charge in [-0.25, -0.2) is 0 Å². The highest BCUT2D eigenvalue weighted by Gasteiger charge is 2.09. The summed E-state index contributed by atoms with van der Waals surface area (Å²) in [7, 11) is 1.55. The standard InChI is InChI=1S/C12H10Cl2N2O2/c1-17-7-18-11-6-8(13)2-3-9(11)10-4-5-12(14)16-15-10/h2-6H,7H2,1H3. The molecule has 0 spiro atoms. The first kappa shape index (κ1) is 13.1. The molecule has 0 saturated heterocycles. The molecule has 0 N–H and O–H groups in total. The normalized spacial score (nSPS) is 10.4. The van der Waals surface area contributed by atoms with Crippen molar-refractivity contribution in [3.63, 3.8) is 0 Å². The molecule has 0 saturated carbocycles. The molecule has 0 fully saturated rings. The van der Waals surface area contributed by atoms with Crippen molar-refractivity contribution in [2.45, 2.75) is 0 Å². The second kappa shape index (κ2) is 6.00. The van der Waals surface area contributed by atoms with E-state index in [-0.39, 0.29) is 6.79 Å². The van der Waals surface area contributed by atoms with Crippen LogP contribution in [0, 0.1) is 0 Å². The van der Waals surface area contributed by atoms with Crippen LogP contribution in [0.5, 0.6) is 5.75 Å². The summed E-state index contributed by atoms with van der Waals surface area (Å²) >= 11 is 11.6. The summed E-state index contributed by atoms with van der Waals surface area (Å²) in [5.74, 6) is 0.584. The minimum atomic E-state index is 0.133. The number of hydrogen-bond donors (Lipinski definition) is 0. The van der Waals surface area contributed by atoms with Crippen LogP contribution in [0.15, 0.2) is 30.3 Å². The number of hydrogen-bond acceptors (Lipinski definition) is 4. The molecule has 6 heteroatoms. The third-order valence-electron chi connectivity index (χ3n) is 2.18. The minimum absolute atomic E-state index is 0.133. The van der Waals surface area contributed by atoms with Gasteiger partial charge in [-0.15, -0.1) is 10.2 Å². The quantitative estimate of drug-likeness (QED) is 0.807. The zero-order valence-corrected chi connectivity index (χ0v) is 11.1. The third-order valence-corrected chi connectivity index (χ3v) is 2.62. The number of ether oxygens (including phenoxy) is 2. The molecule has 0 atom stereocenters. The van der Waals surface area contributed by atoms with Crippen molar-refractivity contribution in [3.8, 4) is 17.0 Å². The Morgan fingerprint density at radius 1 is 1.11 bits per heavy atom. The van der Waals surface area contributed by atoms with E-state index in [1.807, 2.05) is 6.07 Å². The van der Waals surface area contributed by atoms with Crippen LogP contribution in [-0.4, -0.2) is 24.1 Å². The summed E-state index contributed by atoms with van der Waals surface area (Å²) in [5, 5.41) is 8.71. The molecule has 4 nitrogen and oxygen atoms in total. The second-order valence-electron chi connectivity index (χ2n) is 3.43. The van der Waals surface area contributed by atoms with Crippen LogP contribution in [0.1, 0.15) is 0 Å². The van der Waals surface area contributed by atoms with Crippen LogP contribution >= 0.6 is 23.2 Å². The average molecular weight is 285 g/mol. The van der Waals surface area contributed by atoms with Crippen LogP contribution in [0.3, 0.4) is 0 Å². The van der Waals surface area contributed by atoms with Gasteiger partial charge in [0, 0.05) is 17.7 Å². The van der Waals surface area contributed by atoms with Gasteiger partial charge in [0.25, 0.3) is 0 Å². The van der Waals surface area contributed by atoms with Crippen molar-refractivity contribution in [1.29, 1.82) is 0 Å². The molecule has 1 aromatic heterocycles. The molecule has 94 valence electrons. The summed E-state index contributed by atoms with van der Waals surface area (Å²) in [5.41, 5.74) is 1.43. The van der Waals surface area contributed by atoms with E-state index in [0.29, 0.717) is 21.6 Å². The van der Waals surface area contributed by atoms with E-state index in [1.54, 1.807) is 31.4 Å². The largest absolute Gasteiger partial charge is 0.467 e. The SMILES string of the molecule is COCOc1cc(Cl)ccc1-c1ccc(Cl)nn1. The van der Waals surface area contributed by atoms with Gasteiger partial charge >= 0.3 is 0 Å². The lowest BCUT2D eigenvalue weighted by Crippen LogP contribution is -2.01. The van der Waals surface area contributed by atoms with Crippen molar-refractivity contribution < 1.29 is 9.47 Å². The van der Waals surface area contributed by atoms with Gasteiger partial charge in [-0.1, -0.05) is 23.2 Å². The maximum absolute atomic E-state index is 5.93. The van der Waals surface area contributed by atoms with Gasteiger partial charge < -0.3 is 9.47 Å². The first-order valence-electron chi connectivity index (χ1n) is 5.11. The molecule has 0 aliphatic carbocycles. The molecule has 0 aliphatic rings. The fourth-order valence-electron chi connectivity index (χ4n) is 1.41. The van der Waals surface area contributed by atoms with Gasteiger partial charge in [-0.3, -0.25) is 0 Å². The number of rotatable bonds is 4. The van der Waals surface area contributed by atoms with Crippen LogP contribution in [0.2, 0.25) is 10.2 Å². The Hall–Kier alpha value is -1.36. The van der Waals surface area contributed by atoms with Crippen LogP contribution in [0.25, 0.3) is 11.3 Å². The van der Waals surface area contributed by atoms with E-state index in [9.17, 15) is 0 Å². The van der Waals surface area contributed by atoms with Crippen molar-refractivity contribution >= 4 is 23.2 Å². The molecule has 1 aromatic carbocycles. The summed E-state index contributed by atoms with van der Waals surface area (Å²) in [4.78, 5) is 0. The van der Waals surface area contributed by atoms with Gasteiger partial charge in [-0.2, -0.15) is 0 Å². The minimum Gasteiger partial charge on any atom is -0.467 e. The smallest absolute Gasteiger partial charge is 0.188 e. The lowest BCUT2D eigenvalue weighted by Gasteiger charge is -2.10. The van der Waals surface area contributed by atoms with Gasteiger partial charge in [0.05, 0.1) is 5.69 Å². The molecule has 2 rings (SSSR count). The summed E-state index contributed by atoms with van der Waals surface area (Å²) in [6.07, 6.45) is 0. The van der Waals surface area contributed by atoms with E-state index in [2.05, 4.69) is 10.2 Å². The Bertz CT molecular complexity index is 532. The van der Waals surface area contributed by atoms with Crippen LogP contribution < -0.4 is 4.74 Å². The van der Waals surface area contributed by atoms with Crippen molar-refractivity contribution in [3.05, 3.63) is 40.5 Å². The Morgan fingerprint density at radius 2 is 1.94 bits per heavy atom. The van der Waals surface area contributed by atoms with E-state index >= 15 is 0 Å². The third kappa shape index (κ3) is 3.10. The molecule has 0 aliphatic heterocycles. The molecule has 0 radical (unpaired) electrons. The Morgan fingerprint density at radius 3 is 2.61 bits per heavy atom. The maximum Gasteiger partial charge on any atom is 0.188 e. The molecule has 1 heterocycles. The number of aromatic nitrogens is 2. The predicted octanol–water partition coefficient (Wildman–Crippen LogP) is 3.43. The first-order chi connectivity index (χ1) is 8.70. The van der Waals surface area contributed by atoms with Gasteiger partial charge in [0.1, 0.15) is 5.75 Å². The highest BCUT2D eigenvalue weighted by Crippen LogP contribution is 2.31.